The molecule has 0 aliphatic rings. The molecule has 0 bridgehead atoms. The summed E-state index contributed by atoms with van der Waals surface area (Å²) < 4.78 is 20.9. The Balaban J connectivity index is 4.86. The Hall–Kier alpha value is -0.560. The fourth-order valence-corrected chi connectivity index (χ4v) is 2.85. The van der Waals surface area contributed by atoms with Gasteiger partial charge in [0, 0.05) is 11.8 Å². The van der Waals surface area contributed by atoms with Gasteiger partial charge in [-0.25, -0.2) is 0 Å². The summed E-state index contributed by atoms with van der Waals surface area (Å²) in [7, 11) is 0. The van der Waals surface area contributed by atoms with Crippen molar-refractivity contribution in [3.05, 3.63) is 0 Å². The molecule has 0 saturated carbocycles. The summed E-state index contributed by atoms with van der Waals surface area (Å²) in [6.07, 6.45) is 0. The molecule has 25 heavy (non-hydrogen) atoms. The van der Waals surface area contributed by atoms with Gasteiger partial charge in [-0.3, -0.25) is 9.59 Å². The molecule has 0 N–H and O–H groups in total. The van der Waals surface area contributed by atoms with Gasteiger partial charge in [0.2, 0.25) is 0 Å². The average molecular weight is 401 g/mol. The lowest BCUT2D eigenvalue weighted by Crippen LogP contribution is -2.50. The van der Waals surface area contributed by atoms with E-state index in [1.807, 2.05) is 0 Å². The van der Waals surface area contributed by atoms with Crippen molar-refractivity contribution in [2.45, 2.75) is 27.7 Å². The van der Waals surface area contributed by atoms with E-state index in [1.165, 1.54) is 0 Å². The number of ether oxygens (including phenoxy) is 4. The molecule has 8 heteroatoms. The van der Waals surface area contributed by atoms with E-state index < -0.39 is 17.4 Å². The van der Waals surface area contributed by atoms with E-state index in [9.17, 15) is 9.59 Å². The zero-order valence-corrected chi connectivity index (χ0v) is 17.0. The van der Waals surface area contributed by atoms with Crippen LogP contribution in [-0.4, -0.2) is 63.3 Å². The molecule has 0 amide bonds. The first-order chi connectivity index (χ1) is 11.8. The van der Waals surface area contributed by atoms with Gasteiger partial charge in [-0.15, -0.1) is 23.2 Å². The van der Waals surface area contributed by atoms with E-state index >= 15 is 0 Å². The average Bonchev–Trinajstić information content (AvgIpc) is 2.54. The number of carbonyl (C=O) groups excluding carboxylic acids is 2. The minimum Gasteiger partial charge on any atom is -0.462 e. The molecule has 0 saturated heterocycles. The van der Waals surface area contributed by atoms with Gasteiger partial charge in [-0.05, 0) is 11.8 Å². The molecular weight excluding hydrogens is 371 g/mol. The van der Waals surface area contributed by atoms with Crippen LogP contribution in [0.1, 0.15) is 27.7 Å². The van der Waals surface area contributed by atoms with Crippen LogP contribution in [0.2, 0.25) is 0 Å². The fraction of sp³-hybridized carbons (Fsp3) is 0.882. The third kappa shape index (κ3) is 7.69. The van der Waals surface area contributed by atoms with Crippen LogP contribution in [0.3, 0.4) is 0 Å². The second kappa shape index (κ2) is 13.6. The maximum atomic E-state index is 12.7. The summed E-state index contributed by atoms with van der Waals surface area (Å²) in [6, 6.07) is 0. The van der Waals surface area contributed by atoms with Crippen LogP contribution in [0.15, 0.2) is 0 Å². The predicted molar refractivity (Wildman–Crippen MR) is 97.1 cm³/mol. The number of esters is 2. The lowest BCUT2D eigenvalue weighted by Gasteiger charge is -2.36. The molecule has 0 spiro atoms. The van der Waals surface area contributed by atoms with Gasteiger partial charge in [-0.1, -0.05) is 27.7 Å². The molecule has 0 aliphatic carbocycles. The minimum atomic E-state index is -1.38. The quantitative estimate of drug-likeness (QED) is 0.193. The first-order valence-electron chi connectivity index (χ1n) is 8.47. The van der Waals surface area contributed by atoms with Crippen LogP contribution in [0, 0.1) is 17.3 Å². The Morgan fingerprint density at radius 1 is 0.720 bits per heavy atom. The number of alkyl halides is 2. The Kier molecular flexibility index (Phi) is 13.3. The molecule has 0 radical (unpaired) electrons. The first-order valence-corrected chi connectivity index (χ1v) is 9.54. The van der Waals surface area contributed by atoms with E-state index in [2.05, 4.69) is 0 Å². The fourth-order valence-electron chi connectivity index (χ4n) is 2.63. The van der Waals surface area contributed by atoms with E-state index in [0.717, 1.165) is 0 Å². The maximum absolute atomic E-state index is 12.7. The van der Waals surface area contributed by atoms with Gasteiger partial charge >= 0.3 is 11.9 Å². The van der Waals surface area contributed by atoms with Crippen molar-refractivity contribution in [1.29, 1.82) is 0 Å². The monoisotopic (exact) mass is 400 g/mol. The number of hydrogen-bond acceptors (Lipinski definition) is 6. The molecular formula is C17H30Cl2O6. The summed E-state index contributed by atoms with van der Waals surface area (Å²) in [6.45, 7) is 8.54. The highest BCUT2D eigenvalue weighted by molar-refractivity contribution is 6.18. The van der Waals surface area contributed by atoms with Crippen molar-refractivity contribution in [3.8, 4) is 0 Å². The SMILES string of the molecule is CC(C)C(C(=O)OCCOCCCl)(C(=O)OCCOCCCl)C(C)C. The number of rotatable bonds is 14. The van der Waals surface area contributed by atoms with Gasteiger partial charge in [0.15, 0.2) is 5.41 Å². The molecule has 0 rings (SSSR count). The van der Waals surface area contributed by atoms with Gasteiger partial charge < -0.3 is 18.9 Å². The van der Waals surface area contributed by atoms with Crippen molar-refractivity contribution >= 4 is 35.1 Å². The van der Waals surface area contributed by atoms with Crippen molar-refractivity contribution in [3.63, 3.8) is 0 Å². The highest BCUT2D eigenvalue weighted by Crippen LogP contribution is 2.38. The smallest absolute Gasteiger partial charge is 0.324 e. The molecule has 0 aromatic carbocycles. The molecule has 0 aromatic rings. The Bertz CT molecular complexity index is 351. The molecule has 0 aromatic heterocycles. The maximum Gasteiger partial charge on any atom is 0.324 e. The topological polar surface area (TPSA) is 71.1 Å². The highest BCUT2D eigenvalue weighted by Gasteiger charge is 2.54. The molecule has 0 heterocycles. The van der Waals surface area contributed by atoms with Crippen molar-refractivity contribution in [1.82, 2.24) is 0 Å². The third-order valence-corrected chi connectivity index (χ3v) is 4.17. The Labute approximate surface area is 160 Å². The summed E-state index contributed by atoms with van der Waals surface area (Å²) in [5, 5.41) is 0. The lowest BCUT2D eigenvalue weighted by molar-refractivity contribution is -0.182. The third-order valence-electron chi connectivity index (χ3n) is 3.86. The second-order valence-corrected chi connectivity index (χ2v) is 6.81. The second-order valence-electron chi connectivity index (χ2n) is 6.05. The molecule has 148 valence electrons. The Morgan fingerprint density at radius 2 is 1.08 bits per heavy atom. The summed E-state index contributed by atoms with van der Waals surface area (Å²) in [4.78, 5) is 25.4. The lowest BCUT2D eigenvalue weighted by atomic mass is 9.69. The van der Waals surface area contributed by atoms with E-state index in [1.54, 1.807) is 27.7 Å². The molecule has 0 unspecified atom stereocenters. The van der Waals surface area contributed by atoms with Crippen molar-refractivity contribution < 1.29 is 28.5 Å². The minimum absolute atomic E-state index is 0.0586. The van der Waals surface area contributed by atoms with Crippen molar-refractivity contribution in [2.24, 2.45) is 17.3 Å². The van der Waals surface area contributed by atoms with Crippen LogP contribution >= 0.6 is 23.2 Å². The predicted octanol–water partition coefficient (Wildman–Crippen LogP) is 2.88. The number of hydrogen-bond donors (Lipinski definition) is 0. The van der Waals surface area contributed by atoms with Crippen LogP contribution in [0.25, 0.3) is 0 Å². The highest BCUT2D eigenvalue weighted by atomic mass is 35.5. The molecule has 0 aliphatic heterocycles. The van der Waals surface area contributed by atoms with Gasteiger partial charge in [0.1, 0.15) is 13.2 Å². The number of halogens is 2. The van der Waals surface area contributed by atoms with E-state index in [0.29, 0.717) is 25.0 Å². The van der Waals surface area contributed by atoms with Gasteiger partial charge in [0.05, 0.1) is 26.4 Å². The van der Waals surface area contributed by atoms with Crippen LogP contribution < -0.4 is 0 Å². The standard InChI is InChI=1S/C17H30Cl2O6/c1-13(2)17(14(3)4,15(20)24-11-9-22-7-5-18)16(21)25-12-10-23-8-6-19/h13-14H,5-12H2,1-4H3. The normalized spacial score (nSPS) is 11.8. The number of carbonyl (C=O) groups is 2. The zero-order chi connectivity index (χ0) is 19.3. The van der Waals surface area contributed by atoms with Gasteiger partial charge in [0.25, 0.3) is 0 Å². The van der Waals surface area contributed by atoms with Crippen LogP contribution in [0.4, 0.5) is 0 Å². The van der Waals surface area contributed by atoms with Crippen LogP contribution in [0.5, 0.6) is 0 Å². The molecule has 0 atom stereocenters. The van der Waals surface area contributed by atoms with Crippen molar-refractivity contribution in [2.75, 3.05) is 51.4 Å². The first kappa shape index (κ1) is 24.4. The Morgan fingerprint density at radius 3 is 1.36 bits per heavy atom. The summed E-state index contributed by atoms with van der Waals surface area (Å²) >= 11 is 11.0. The van der Waals surface area contributed by atoms with E-state index in [-0.39, 0.29) is 38.3 Å². The summed E-state index contributed by atoms with van der Waals surface area (Å²) in [5.74, 6) is -1.04. The van der Waals surface area contributed by atoms with Gasteiger partial charge in [-0.2, -0.15) is 0 Å². The molecule has 0 fully saturated rings. The van der Waals surface area contributed by atoms with Crippen LogP contribution in [-0.2, 0) is 28.5 Å². The largest absolute Gasteiger partial charge is 0.462 e. The zero-order valence-electron chi connectivity index (χ0n) is 15.5. The van der Waals surface area contributed by atoms with E-state index in [4.69, 9.17) is 42.1 Å². The molecule has 6 nitrogen and oxygen atoms in total. The summed E-state index contributed by atoms with van der Waals surface area (Å²) in [5.41, 5.74) is -1.38.